The van der Waals surface area contributed by atoms with Gasteiger partial charge in [0, 0.05) is 6.07 Å². The number of nitrogens with zero attached hydrogens (tertiary/aromatic N) is 4. The zero-order chi connectivity index (χ0) is 20.5. The third-order valence-electron chi connectivity index (χ3n) is 4.83. The van der Waals surface area contributed by atoms with Gasteiger partial charge >= 0.3 is 0 Å². The molecule has 0 aliphatic rings. The number of aromatic nitrogens is 4. The molecule has 3 aromatic heterocycles. The predicted octanol–water partition coefficient (Wildman–Crippen LogP) is 4.42. The maximum Gasteiger partial charge on any atom is 0.292 e. The quantitative estimate of drug-likeness (QED) is 0.476. The van der Waals surface area contributed by atoms with Crippen molar-refractivity contribution < 1.29 is 9.21 Å². The van der Waals surface area contributed by atoms with Gasteiger partial charge in [0.25, 0.3) is 5.91 Å². The number of rotatable bonds is 5. The molecular formula is C23H19N5O2. The first kappa shape index (κ1) is 17.9. The average Bonchev–Trinajstić information content (AvgIpc) is 3.48. The molecule has 30 heavy (non-hydrogen) atoms. The zero-order valence-electron chi connectivity index (χ0n) is 16.3. The van der Waals surface area contributed by atoms with Gasteiger partial charge in [-0.1, -0.05) is 42.5 Å². The highest BCUT2D eigenvalue weighted by atomic mass is 16.3. The molecule has 0 atom stereocenters. The number of nitrogens with one attached hydrogen (secondary N) is 1. The molecule has 1 amide bonds. The Bertz CT molecular complexity index is 1320. The molecule has 5 rings (SSSR count). The number of hydrogen-bond donors (Lipinski definition) is 1. The maximum absolute atomic E-state index is 12.5. The monoisotopic (exact) mass is 397 g/mol. The van der Waals surface area contributed by atoms with Crippen molar-refractivity contribution in [1.82, 2.24) is 19.3 Å². The van der Waals surface area contributed by atoms with Crippen LogP contribution in [0.2, 0.25) is 0 Å². The molecule has 7 heteroatoms. The number of carbonyl (C=O) groups excluding carboxylic acids is 1. The summed E-state index contributed by atoms with van der Waals surface area (Å²) < 4.78 is 8.97. The van der Waals surface area contributed by atoms with E-state index in [1.54, 1.807) is 16.8 Å². The van der Waals surface area contributed by atoms with Gasteiger partial charge in [-0.15, -0.1) is 0 Å². The molecule has 0 radical (unpaired) electrons. The van der Waals surface area contributed by atoms with Crippen molar-refractivity contribution in [3.05, 3.63) is 96.1 Å². The second kappa shape index (κ2) is 7.36. The van der Waals surface area contributed by atoms with Gasteiger partial charge in [-0.3, -0.25) is 4.79 Å². The molecular weight excluding hydrogens is 378 g/mol. The summed E-state index contributed by atoms with van der Waals surface area (Å²) in [6.45, 7) is 2.50. The molecule has 5 aromatic rings. The van der Waals surface area contributed by atoms with Crippen LogP contribution in [0.4, 0.5) is 5.82 Å². The lowest BCUT2D eigenvalue weighted by Gasteiger charge is -2.12. The van der Waals surface area contributed by atoms with Gasteiger partial charge < -0.3 is 14.3 Å². The summed E-state index contributed by atoms with van der Waals surface area (Å²) in [5, 5.41) is 7.48. The number of hydrogen-bond acceptors (Lipinski definition) is 4. The van der Waals surface area contributed by atoms with E-state index in [0.717, 1.165) is 22.3 Å². The van der Waals surface area contributed by atoms with Crippen LogP contribution in [0.25, 0.3) is 17.0 Å². The highest BCUT2D eigenvalue weighted by Crippen LogP contribution is 2.24. The number of fused-ring (bicyclic) bond motifs is 1. The number of aryl methyl sites for hydroxylation is 1. The SMILES string of the molecule is Cc1cc(NC(=O)c2ccco2)n(-c2nc3ccccc3n2Cc2ccccc2)n1. The van der Waals surface area contributed by atoms with Gasteiger partial charge in [-0.2, -0.15) is 9.78 Å². The Morgan fingerprint density at radius 1 is 1.03 bits per heavy atom. The van der Waals surface area contributed by atoms with E-state index in [2.05, 4.69) is 27.1 Å². The third-order valence-corrected chi connectivity index (χ3v) is 4.83. The second-order valence-electron chi connectivity index (χ2n) is 6.99. The van der Waals surface area contributed by atoms with Crippen LogP contribution in [0.1, 0.15) is 21.8 Å². The number of carbonyl (C=O) groups is 1. The van der Waals surface area contributed by atoms with Crippen LogP contribution in [-0.4, -0.2) is 25.2 Å². The number of imidazole rings is 1. The molecule has 3 heterocycles. The minimum absolute atomic E-state index is 0.234. The van der Waals surface area contributed by atoms with E-state index in [9.17, 15) is 4.79 Å². The normalized spacial score (nSPS) is 11.1. The van der Waals surface area contributed by atoms with E-state index in [1.807, 2.05) is 55.5 Å². The summed E-state index contributed by atoms with van der Waals surface area (Å²) in [5.41, 5.74) is 3.77. The average molecular weight is 397 g/mol. The van der Waals surface area contributed by atoms with Crippen molar-refractivity contribution in [3.63, 3.8) is 0 Å². The topological polar surface area (TPSA) is 77.9 Å². The maximum atomic E-state index is 12.5. The van der Waals surface area contributed by atoms with Crippen molar-refractivity contribution in [3.8, 4) is 5.95 Å². The van der Waals surface area contributed by atoms with Crippen LogP contribution in [-0.2, 0) is 6.54 Å². The summed E-state index contributed by atoms with van der Waals surface area (Å²) in [6.07, 6.45) is 1.47. The highest BCUT2D eigenvalue weighted by molar-refractivity contribution is 6.01. The number of amides is 1. The van der Waals surface area contributed by atoms with Crippen molar-refractivity contribution in [2.75, 3.05) is 5.32 Å². The summed E-state index contributed by atoms with van der Waals surface area (Å²) in [6, 6.07) is 23.2. The van der Waals surface area contributed by atoms with Crippen LogP contribution in [0.5, 0.6) is 0 Å². The highest BCUT2D eigenvalue weighted by Gasteiger charge is 2.19. The molecule has 0 saturated heterocycles. The summed E-state index contributed by atoms with van der Waals surface area (Å²) in [7, 11) is 0. The van der Waals surface area contributed by atoms with Crippen LogP contribution < -0.4 is 5.32 Å². The van der Waals surface area contributed by atoms with Gasteiger partial charge in [0.1, 0.15) is 5.82 Å². The Hall–Kier alpha value is -4.13. The van der Waals surface area contributed by atoms with Crippen molar-refractivity contribution >= 4 is 22.8 Å². The van der Waals surface area contributed by atoms with Crippen LogP contribution in [0.15, 0.2) is 83.5 Å². The van der Waals surface area contributed by atoms with E-state index < -0.39 is 0 Å². The third kappa shape index (κ3) is 3.26. The smallest absolute Gasteiger partial charge is 0.292 e. The fourth-order valence-corrected chi connectivity index (χ4v) is 3.47. The van der Waals surface area contributed by atoms with Gasteiger partial charge in [0.05, 0.1) is 29.5 Å². The van der Waals surface area contributed by atoms with Crippen molar-refractivity contribution in [2.24, 2.45) is 0 Å². The summed E-state index contributed by atoms with van der Waals surface area (Å²) in [4.78, 5) is 17.4. The van der Waals surface area contributed by atoms with Crippen LogP contribution >= 0.6 is 0 Å². The lowest BCUT2D eigenvalue weighted by Crippen LogP contribution is -2.17. The van der Waals surface area contributed by atoms with E-state index in [4.69, 9.17) is 9.40 Å². The van der Waals surface area contributed by atoms with Crippen LogP contribution in [0.3, 0.4) is 0 Å². The van der Waals surface area contributed by atoms with E-state index in [1.165, 1.54) is 6.26 Å². The van der Waals surface area contributed by atoms with Crippen molar-refractivity contribution in [1.29, 1.82) is 0 Å². The molecule has 0 saturated carbocycles. The lowest BCUT2D eigenvalue weighted by molar-refractivity contribution is 0.0996. The van der Waals surface area contributed by atoms with Gasteiger partial charge in [0.15, 0.2) is 5.76 Å². The molecule has 0 aliphatic carbocycles. The Morgan fingerprint density at radius 2 is 1.83 bits per heavy atom. The lowest BCUT2D eigenvalue weighted by atomic mass is 10.2. The molecule has 1 N–H and O–H groups in total. The molecule has 0 fully saturated rings. The number of benzene rings is 2. The molecule has 0 spiro atoms. The minimum Gasteiger partial charge on any atom is -0.459 e. The molecule has 148 valence electrons. The fourth-order valence-electron chi connectivity index (χ4n) is 3.47. The predicted molar refractivity (Wildman–Crippen MR) is 114 cm³/mol. The second-order valence-corrected chi connectivity index (χ2v) is 6.99. The van der Waals surface area contributed by atoms with E-state index in [0.29, 0.717) is 18.3 Å². The number of furan rings is 1. The van der Waals surface area contributed by atoms with Crippen LogP contribution in [0, 0.1) is 6.92 Å². The zero-order valence-corrected chi connectivity index (χ0v) is 16.3. The molecule has 7 nitrogen and oxygen atoms in total. The molecule has 0 unspecified atom stereocenters. The summed E-state index contributed by atoms with van der Waals surface area (Å²) in [5.74, 6) is 1.05. The Balaban J connectivity index is 1.61. The Labute approximate surface area is 172 Å². The van der Waals surface area contributed by atoms with Gasteiger partial charge in [-0.25, -0.2) is 4.98 Å². The Morgan fingerprint density at radius 3 is 2.63 bits per heavy atom. The van der Waals surface area contributed by atoms with Gasteiger partial charge in [-0.05, 0) is 36.8 Å². The first-order valence-corrected chi connectivity index (χ1v) is 9.60. The van der Waals surface area contributed by atoms with E-state index >= 15 is 0 Å². The fraction of sp³-hybridized carbons (Fsp3) is 0.0870. The molecule has 2 aromatic carbocycles. The molecule has 0 bridgehead atoms. The standard InChI is InChI=1S/C23H19N5O2/c1-16-14-21(25-22(29)20-12-7-13-30-20)28(26-16)23-24-18-10-5-6-11-19(18)27(23)15-17-8-3-2-4-9-17/h2-14H,15H2,1H3,(H,25,29). The first-order valence-electron chi connectivity index (χ1n) is 9.60. The Kier molecular flexibility index (Phi) is 4.40. The van der Waals surface area contributed by atoms with Gasteiger partial charge in [0.2, 0.25) is 5.95 Å². The van der Waals surface area contributed by atoms with Crippen molar-refractivity contribution in [2.45, 2.75) is 13.5 Å². The van der Waals surface area contributed by atoms with E-state index in [-0.39, 0.29) is 11.7 Å². The summed E-state index contributed by atoms with van der Waals surface area (Å²) >= 11 is 0. The number of anilines is 1. The first-order chi connectivity index (χ1) is 14.7. The number of para-hydroxylation sites is 2. The molecule has 0 aliphatic heterocycles. The largest absolute Gasteiger partial charge is 0.459 e. The minimum atomic E-state index is -0.341.